The Hall–Kier alpha value is -7.74. The molecule has 0 heterocycles. The van der Waals surface area contributed by atoms with Crippen LogP contribution < -0.4 is 4.90 Å². The fourth-order valence-corrected chi connectivity index (χ4v) is 14.9. The first kappa shape index (κ1) is 50.7. The van der Waals surface area contributed by atoms with Crippen LogP contribution in [0.25, 0.3) is 87.6 Å². The Morgan fingerprint density at radius 3 is 1.20 bits per heavy atom. The van der Waals surface area contributed by atoms with Crippen LogP contribution in [0.5, 0.6) is 0 Å². The van der Waals surface area contributed by atoms with Crippen molar-refractivity contribution >= 4 is 60.2 Å². The second-order valence-electron chi connectivity index (χ2n) is 23.6. The van der Waals surface area contributed by atoms with E-state index in [1.807, 2.05) is 0 Å². The van der Waals surface area contributed by atoms with E-state index in [1.54, 1.807) is 11.1 Å². The summed E-state index contributed by atoms with van der Waals surface area (Å²) < 4.78 is 0. The molecular formula is C78H75N. The molecule has 1 nitrogen and oxygen atoms in total. The highest BCUT2D eigenvalue weighted by Gasteiger charge is 2.44. The number of nitrogens with zero attached hydrogens (tertiary/aromatic N) is 1. The number of hydrogen-bond acceptors (Lipinski definition) is 1. The maximum atomic E-state index is 2.63. The number of benzene rings is 11. The number of unbranched alkanes of at least 4 members (excludes halogenated alkanes) is 4. The van der Waals surface area contributed by atoms with E-state index in [0.29, 0.717) is 0 Å². The summed E-state index contributed by atoms with van der Waals surface area (Å²) in [6.45, 7) is 14.0. The number of anilines is 3. The summed E-state index contributed by atoms with van der Waals surface area (Å²) in [7, 11) is 0. The molecule has 11 aromatic carbocycles. The first-order valence-corrected chi connectivity index (χ1v) is 30.1. The SMILES string of the molecule is CCCCC1(CCCC)c2cc(C)ccc2-c2ccc(N(c3ccc4c(c3)C(CCCC)(CCCC)c3cc(C)ccc3-4)c3ccc4cc(-c5c6ccccc6c(-c6cccc7ccccc67)c6ccccc56)ccc4c3)cc21. The molecule has 0 saturated heterocycles. The van der Waals surface area contributed by atoms with Crippen molar-refractivity contribution in [1.82, 2.24) is 0 Å². The van der Waals surface area contributed by atoms with Gasteiger partial charge in [0, 0.05) is 27.9 Å². The highest BCUT2D eigenvalue weighted by atomic mass is 15.1. The fourth-order valence-electron chi connectivity index (χ4n) is 14.9. The van der Waals surface area contributed by atoms with E-state index in [2.05, 4.69) is 247 Å². The molecule has 0 amide bonds. The summed E-state index contributed by atoms with van der Waals surface area (Å²) in [6, 6.07) is 77.9. The number of aryl methyl sites for hydroxylation is 2. The fraction of sp³-hybridized carbons (Fsp3) is 0.256. The van der Waals surface area contributed by atoms with Crippen LogP contribution >= 0.6 is 0 Å². The lowest BCUT2D eigenvalue weighted by Gasteiger charge is -2.35. The largest absolute Gasteiger partial charge is 0.310 e. The molecule has 0 N–H and O–H groups in total. The summed E-state index contributed by atoms with van der Waals surface area (Å²) >= 11 is 0. The van der Waals surface area contributed by atoms with Gasteiger partial charge in [-0.1, -0.05) is 248 Å². The zero-order valence-corrected chi connectivity index (χ0v) is 47.5. The van der Waals surface area contributed by atoms with Crippen molar-refractivity contribution in [3.8, 4) is 44.5 Å². The molecule has 392 valence electrons. The second kappa shape index (κ2) is 20.8. The molecule has 0 bridgehead atoms. The maximum Gasteiger partial charge on any atom is 0.0468 e. The van der Waals surface area contributed by atoms with Crippen molar-refractivity contribution in [3.05, 3.63) is 234 Å². The van der Waals surface area contributed by atoms with E-state index in [0.717, 1.165) is 0 Å². The van der Waals surface area contributed by atoms with Gasteiger partial charge < -0.3 is 4.90 Å². The minimum Gasteiger partial charge on any atom is -0.310 e. The van der Waals surface area contributed by atoms with Crippen molar-refractivity contribution in [2.45, 2.75) is 129 Å². The van der Waals surface area contributed by atoms with E-state index in [1.165, 1.54) is 204 Å². The van der Waals surface area contributed by atoms with Crippen LogP contribution in [0, 0.1) is 13.8 Å². The Balaban J connectivity index is 1.00. The van der Waals surface area contributed by atoms with Crippen LogP contribution in [-0.2, 0) is 10.8 Å². The van der Waals surface area contributed by atoms with Gasteiger partial charge in [0.15, 0.2) is 0 Å². The van der Waals surface area contributed by atoms with Crippen molar-refractivity contribution in [3.63, 3.8) is 0 Å². The lowest BCUT2D eigenvalue weighted by Crippen LogP contribution is -2.26. The summed E-state index contributed by atoms with van der Waals surface area (Å²) in [5, 5.41) is 10.1. The van der Waals surface area contributed by atoms with Gasteiger partial charge in [-0.2, -0.15) is 0 Å². The molecule has 0 saturated carbocycles. The third kappa shape index (κ3) is 8.41. The average Bonchev–Trinajstić information content (AvgIpc) is 4.07. The molecule has 0 unspecified atom stereocenters. The van der Waals surface area contributed by atoms with Crippen molar-refractivity contribution in [1.29, 1.82) is 0 Å². The van der Waals surface area contributed by atoms with Gasteiger partial charge in [-0.05, 0) is 192 Å². The summed E-state index contributed by atoms with van der Waals surface area (Å²) in [5.74, 6) is 0. The Bertz CT molecular complexity index is 3930. The first-order valence-electron chi connectivity index (χ1n) is 30.1. The number of rotatable bonds is 17. The molecule has 0 atom stereocenters. The standard InChI is InChI=1S/C78H75N/c1-7-11-42-77(43-12-8-2)71-46-52(5)30-38-62(71)64-40-36-59(50-73(64)77)79(60-37-41-65-63-39-31-53(6)47-72(63)78(44-13-9-3,45-14-10-4)74(65)51-60)58-35-34-55-48-57(33-32-56(55)49-58)75-67-25-17-19-27-69(67)76(70-28-20-18-26-68(70)75)66-29-21-23-54-22-15-16-24-61(54)66/h15-41,46-51H,7-14,42-45H2,1-6H3. The summed E-state index contributed by atoms with van der Waals surface area (Å²) in [4.78, 5) is 2.62. The third-order valence-corrected chi connectivity index (χ3v) is 18.7. The van der Waals surface area contributed by atoms with Gasteiger partial charge in [0.1, 0.15) is 0 Å². The normalized spacial score (nSPS) is 13.7. The summed E-state index contributed by atoms with van der Waals surface area (Å²) in [5.41, 5.74) is 23.2. The minimum absolute atomic E-state index is 0.0293. The molecule has 2 aliphatic carbocycles. The molecule has 0 radical (unpaired) electrons. The summed E-state index contributed by atoms with van der Waals surface area (Å²) in [6.07, 6.45) is 14.2. The van der Waals surface area contributed by atoms with E-state index in [4.69, 9.17) is 0 Å². The van der Waals surface area contributed by atoms with Crippen molar-refractivity contribution in [2.24, 2.45) is 0 Å². The molecule has 0 aliphatic heterocycles. The second-order valence-corrected chi connectivity index (χ2v) is 23.6. The van der Waals surface area contributed by atoms with Gasteiger partial charge in [-0.25, -0.2) is 0 Å². The Morgan fingerprint density at radius 1 is 0.304 bits per heavy atom. The van der Waals surface area contributed by atoms with Crippen LogP contribution in [0.4, 0.5) is 17.1 Å². The molecule has 0 fully saturated rings. The Labute approximate surface area is 470 Å². The zero-order chi connectivity index (χ0) is 53.8. The van der Waals surface area contributed by atoms with Crippen LogP contribution in [-0.4, -0.2) is 0 Å². The first-order chi connectivity index (χ1) is 38.8. The van der Waals surface area contributed by atoms with Gasteiger partial charge in [-0.3, -0.25) is 0 Å². The van der Waals surface area contributed by atoms with Crippen LogP contribution in [0.3, 0.4) is 0 Å². The molecule has 2 aliphatic rings. The van der Waals surface area contributed by atoms with Gasteiger partial charge in [0.05, 0.1) is 0 Å². The van der Waals surface area contributed by atoms with Crippen molar-refractivity contribution < 1.29 is 0 Å². The van der Waals surface area contributed by atoms with Crippen LogP contribution in [0.15, 0.2) is 200 Å². The number of fused-ring (bicyclic) bond motifs is 10. The molecule has 0 spiro atoms. The molecule has 0 aromatic heterocycles. The van der Waals surface area contributed by atoms with Gasteiger partial charge in [0.25, 0.3) is 0 Å². The molecule has 79 heavy (non-hydrogen) atoms. The molecule has 11 aromatic rings. The lowest BCUT2D eigenvalue weighted by molar-refractivity contribution is 0.414. The molecular weight excluding hydrogens is 951 g/mol. The zero-order valence-electron chi connectivity index (χ0n) is 47.5. The third-order valence-electron chi connectivity index (χ3n) is 18.7. The van der Waals surface area contributed by atoms with E-state index in [-0.39, 0.29) is 10.8 Å². The van der Waals surface area contributed by atoms with E-state index in [9.17, 15) is 0 Å². The topological polar surface area (TPSA) is 3.24 Å². The van der Waals surface area contributed by atoms with E-state index < -0.39 is 0 Å². The Morgan fingerprint density at radius 2 is 0.696 bits per heavy atom. The predicted octanol–water partition coefficient (Wildman–Crippen LogP) is 23.0. The van der Waals surface area contributed by atoms with Crippen molar-refractivity contribution in [2.75, 3.05) is 4.90 Å². The van der Waals surface area contributed by atoms with Gasteiger partial charge >= 0.3 is 0 Å². The highest BCUT2D eigenvalue weighted by Crippen LogP contribution is 2.58. The van der Waals surface area contributed by atoms with Crippen LogP contribution in [0.1, 0.15) is 138 Å². The van der Waals surface area contributed by atoms with Crippen LogP contribution in [0.2, 0.25) is 0 Å². The quantitative estimate of drug-likeness (QED) is 0.0822. The molecule has 1 heteroatoms. The van der Waals surface area contributed by atoms with Gasteiger partial charge in [-0.15, -0.1) is 0 Å². The monoisotopic (exact) mass is 1030 g/mol. The molecule has 13 rings (SSSR count). The number of hydrogen-bond donors (Lipinski definition) is 0. The smallest absolute Gasteiger partial charge is 0.0468 e. The predicted molar refractivity (Wildman–Crippen MR) is 342 cm³/mol. The lowest BCUT2D eigenvalue weighted by atomic mass is 9.70. The minimum atomic E-state index is -0.0293. The Kier molecular flexibility index (Phi) is 13.4. The van der Waals surface area contributed by atoms with E-state index >= 15 is 0 Å². The highest BCUT2D eigenvalue weighted by molar-refractivity contribution is 6.23. The maximum absolute atomic E-state index is 2.63. The average molecular weight is 1030 g/mol. The van der Waals surface area contributed by atoms with Gasteiger partial charge in [0.2, 0.25) is 0 Å².